The van der Waals surface area contributed by atoms with Gasteiger partial charge in [0.05, 0.1) is 19.3 Å². The van der Waals surface area contributed by atoms with E-state index in [-0.39, 0.29) is 17.9 Å². The first-order valence-corrected chi connectivity index (χ1v) is 9.51. The van der Waals surface area contributed by atoms with Gasteiger partial charge in [-0.2, -0.15) is 0 Å². The fourth-order valence-corrected chi connectivity index (χ4v) is 4.10. The van der Waals surface area contributed by atoms with Crippen molar-refractivity contribution in [1.29, 1.82) is 0 Å². The Hall–Kier alpha value is -1.13. The summed E-state index contributed by atoms with van der Waals surface area (Å²) >= 11 is 0. The molecule has 2 aliphatic carbocycles. The Bertz CT molecular complexity index is 482. The summed E-state index contributed by atoms with van der Waals surface area (Å²) in [5, 5.41) is 0. The highest BCUT2D eigenvalue weighted by atomic mass is 16.7. The standard InChI is InChI=1S/C20H30O4/c1-22-19(21)17(14-16-8-4-2-5-9-16)10-11-18-15-23-20(24-18)12-6-3-7-13-20/h10-11,14,16,18H,2-9,12-13,15H2,1H3/b11-10-,17-14+/t18-/m0/s1. The van der Waals surface area contributed by atoms with E-state index >= 15 is 0 Å². The predicted octanol–water partition coefficient (Wildman–Crippen LogP) is 4.30. The average molecular weight is 334 g/mol. The highest BCUT2D eigenvalue weighted by Gasteiger charge is 2.41. The lowest BCUT2D eigenvalue weighted by Crippen LogP contribution is -2.33. The predicted molar refractivity (Wildman–Crippen MR) is 92.5 cm³/mol. The second-order valence-electron chi connectivity index (χ2n) is 7.31. The fourth-order valence-electron chi connectivity index (χ4n) is 4.10. The molecule has 0 amide bonds. The molecule has 2 saturated carbocycles. The first kappa shape index (κ1) is 17.7. The third kappa shape index (κ3) is 4.48. The van der Waals surface area contributed by atoms with Crippen LogP contribution in [0.2, 0.25) is 0 Å². The van der Waals surface area contributed by atoms with Crippen LogP contribution in [0, 0.1) is 5.92 Å². The van der Waals surface area contributed by atoms with Crippen LogP contribution in [-0.4, -0.2) is 31.6 Å². The summed E-state index contributed by atoms with van der Waals surface area (Å²) in [6.45, 7) is 0.578. The monoisotopic (exact) mass is 334 g/mol. The number of ether oxygens (including phenoxy) is 3. The molecule has 0 unspecified atom stereocenters. The summed E-state index contributed by atoms with van der Waals surface area (Å²) in [5.74, 6) is -0.141. The number of carbonyl (C=O) groups excluding carboxylic acids is 1. The third-order valence-electron chi connectivity index (χ3n) is 5.47. The molecule has 3 fully saturated rings. The Morgan fingerprint density at radius 3 is 2.50 bits per heavy atom. The lowest BCUT2D eigenvalue weighted by Gasteiger charge is -2.31. The van der Waals surface area contributed by atoms with Crippen molar-refractivity contribution in [1.82, 2.24) is 0 Å². The zero-order valence-electron chi connectivity index (χ0n) is 14.8. The Kier molecular flexibility index (Phi) is 6.12. The zero-order valence-corrected chi connectivity index (χ0v) is 14.8. The summed E-state index contributed by atoms with van der Waals surface area (Å²) in [6, 6.07) is 0. The molecule has 0 N–H and O–H groups in total. The van der Waals surface area contributed by atoms with Gasteiger partial charge in [-0.1, -0.05) is 37.8 Å². The Balaban J connectivity index is 1.62. The van der Waals surface area contributed by atoms with Gasteiger partial charge in [-0.05, 0) is 37.7 Å². The fraction of sp³-hybridized carbons (Fsp3) is 0.750. The maximum absolute atomic E-state index is 12.1. The van der Waals surface area contributed by atoms with Crippen LogP contribution in [0.5, 0.6) is 0 Å². The molecule has 0 bridgehead atoms. The van der Waals surface area contributed by atoms with Crippen LogP contribution in [0.1, 0.15) is 64.2 Å². The second-order valence-corrected chi connectivity index (χ2v) is 7.31. The van der Waals surface area contributed by atoms with Gasteiger partial charge < -0.3 is 14.2 Å². The second kappa shape index (κ2) is 8.30. The Morgan fingerprint density at radius 2 is 1.79 bits per heavy atom. The number of carbonyl (C=O) groups is 1. The van der Waals surface area contributed by atoms with Crippen molar-refractivity contribution >= 4 is 5.97 Å². The number of rotatable bonds is 4. The van der Waals surface area contributed by atoms with Crippen LogP contribution in [0.4, 0.5) is 0 Å². The van der Waals surface area contributed by atoms with Gasteiger partial charge in [0.15, 0.2) is 5.79 Å². The Morgan fingerprint density at radius 1 is 1.08 bits per heavy atom. The van der Waals surface area contributed by atoms with E-state index in [1.807, 2.05) is 12.2 Å². The summed E-state index contributed by atoms with van der Waals surface area (Å²) in [6.07, 6.45) is 17.6. The first-order chi connectivity index (χ1) is 11.7. The highest BCUT2D eigenvalue weighted by molar-refractivity contribution is 5.91. The normalized spacial score (nSPS) is 28.5. The molecule has 0 radical (unpaired) electrons. The molecule has 1 atom stereocenters. The van der Waals surface area contributed by atoms with Gasteiger partial charge in [-0.15, -0.1) is 0 Å². The van der Waals surface area contributed by atoms with E-state index in [9.17, 15) is 4.79 Å². The van der Waals surface area contributed by atoms with Gasteiger partial charge in [0.1, 0.15) is 6.10 Å². The quantitative estimate of drug-likeness (QED) is 0.437. The topological polar surface area (TPSA) is 44.8 Å². The SMILES string of the molecule is COC(=O)C(/C=C\[C@H]1COC2(CCCCC2)O1)=C/C1CCCCC1. The summed E-state index contributed by atoms with van der Waals surface area (Å²) < 4.78 is 17.1. The number of hydrogen-bond donors (Lipinski definition) is 0. The molecule has 1 aliphatic heterocycles. The van der Waals surface area contributed by atoms with E-state index in [1.54, 1.807) is 0 Å². The van der Waals surface area contributed by atoms with Gasteiger partial charge in [-0.25, -0.2) is 4.79 Å². The van der Waals surface area contributed by atoms with Crippen LogP contribution in [0.25, 0.3) is 0 Å². The van der Waals surface area contributed by atoms with Crippen molar-refractivity contribution in [3.8, 4) is 0 Å². The smallest absolute Gasteiger partial charge is 0.337 e. The van der Waals surface area contributed by atoms with Crippen molar-refractivity contribution in [3.05, 3.63) is 23.8 Å². The van der Waals surface area contributed by atoms with Gasteiger partial charge in [0.2, 0.25) is 0 Å². The number of esters is 1. The van der Waals surface area contributed by atoms with Gasteiger partial charge in [0, 0.05) is 12.8 Å². The third-order valence-corrected chi connectivity index (χ3v) is 5.47. The molecule has 3 rings (SSSR count). The Labute approximate surface area is 145 Å². The van der Waals surface area contributed by atoms with Crippen LogP contribution < -0.4 is 0 Å². The van der Waals surface area contributed by atoms with Crippen molar-refractivity contribution in [3.63, 3.8) is 0 Å². The number of methoxy groups -OCH3 is 1. The minimum absolute atomic E-state index is 0.0671. The number of hydrogen-bond acceptors (Lipinski definition) is 4. The molecule has 134 valence electrons. The van der Waals surface area contributed by atoms with Crippen molar-refractivity contribution in [2.75, 3.05) is 13.7 Å². The molecule has 4 nitrogen and oxygen atoms in total. The van der Waals surface area contributed by atoms with Crippen molar-refractivity contribution in [2.45, 2.75) is 76.1 Å². The van der Waals surface area contributed by atoms with Crippen LogP contribution in [-0.2, 0) is 19.0 Å². The minimum atomic E-state index is -0.369. The lowest BCUT2D eigenvalue weighted by molar-refractivity contribution is -0.182. The number of allylic oxidation sites excluding steroid dienone is 1. The van der Waals surface area contributed by atoms with E-state index in [2.05, 4.69) is 6.08 Å². The van der Waals surface area contributed by atoms with E-state index in [4.69, 9.17) is 14.2 Å². The molecule has 3 aliphatic rings. The van der Waals surface area contributed by atoms with Crippen molar-refractivity contribution < 1.29 is 19.0 Å². The molecular formula is C20H30O4. The van der Waals surface area contributed by atoms with E-state index in [0.717, 1.165) is 12.8 Å². The van der Waals surface area contributed by atoms with Crippen LogP contribution >= 0.6 is 0 Å². The first-order valence-electron chi connectivity index (χ1n) is 9.51. The van der Waals surface area contributed by atoms with Crippen molar-refractivity contribution in [2.24, 2.45) is 5.92 Å². The molecule has 1 spiro atoms. The van der Waals surface area contributed by atoms with Crippen LogP contribution in [0.15, 0.2) is 23.8 Å². The molecule has 0 aromatic heterocycles. The molecule has 0 aromatic carbocycles. The van der Waals surface area contributed by atoms with E-state index < -0.39 is 0 Å². The van der Waals surface area contributed by atoms with Gasteiger partial charge in [0.25, 0.3) is 0 Å². The molecule has 1 saturated heterocycles. The average Bonchev–Trinajstić information content (AvgIpc) is 3.01. The summed E-state index contributed by atoms with van der Waals surface area (Å²) in [5.41, 5.74) is 0.651. The maximum Gasteiger partial charge on any atom is 0.337 e. The molecule has 4 heteroatoms. The zero-order chi connectivity index (χ0) is 16.8. The lowest BCUT2D eigenvalue weighted by atomic mass is 9.88. The molecule has 24 heavy (non-hydrogen) atoms. The highest BCUT2D eigenvalue weighted by Crippen LogP contribution is 2.38. The molecule has 0 aromatic rings. The van der Waals surface area contributed by atoms with Gasteiger partial charge >= 0.3 is 5.97 Å². The largest absolute Gasteiger partial charge is 0.465 e. The van der Waals surface area contributed by atoms with E-state index in [1.165, 1.54) is 58.5 Å². The minimum Gasteiger partial charge on any atom is -0.465 e. The summed E-state index contributed by atoms with van der Waals surface area (Å²) in [7, 11) is 1.44. The molecular weight excluding hydrogens is 304 g/mol. The maximum atomic E-state index is 12.1. The van der Waals surface area contributed by atoms with Crippen LogP contribution in [0.3, 0.4) is 0 Å². The van der Waals surface area contributed by atoms with E-state index in [0.29, 0.717) is 18.1 Å². The van der Waals surface area contributed by atoms with Gasteiger partial charge in [-0.3, -0.25) is 0 Å². The summed E-state index contributed by atoms with van der Waals surface area (Å²) in [4.78, 5) is 12.1. The molecule has 1 heterocycles.